The van der Waals surface area contributed by atoms with Crippen LogP contribution >= 0.6 is 0 Å². The highest BCUT2D eigenvalue weighted by atomic mass is 16.4. The maximum Gasteiger partial charge on any atom is 0.326 e. The lowest BCUT2D eigenvalue weighted by Gasteiger charge is -2.17. The molecular formula is C12H19N3O3. The molecule has 1 aromatic heterocycles. The number of H-pyrrole nitrogens is 1. The van der Waals surface area contributed by atoms with E-state index < -0.39 is 12.0 Å². The number of amides is 1. The first kappa shape index (κ1) is 14.2. The van der Waals surface area contributed by atoms with Crippen molar-refractivity contribution < 1.29 is 14.7 Å². The Morgan fingerprint density at radius 2 is 2.00 bits per heavy atom. The normalized spacial score (nSPS) is 12.5. The topological polar surface area (TPSA) is 95.1 Å². The molecule has 0 saturated heterocycles. The highest BCUT2D eigenvalue weighted by Gasteiger charge is 2.24. The van der Waals surface area contributed by atoms with Crippen LogP contribution in [0.5, 0.6) is 0 Å². The Morgan fingerprint density at radius 3 is 2.39 bits per heavy atom. The van der Waals surface area contributed by atoms with Crippen LogP contribution in [0.15, 0.2) is 0 Å². The van der Waals surface area contributed by atoms with Gasteiger partial charge in [-0.25, -0.2) is 4.79 Å². The van der Waals surface area contributed by atoms with E-state index in [0.717, 1.165) is 17.0 Å². The van der Waals surface area contributed by atoms with Crippen molar-refractivity contribution >= 4 is 11.9 Å². The molecule has 0 saturated carbocycles. The summed E-state index contributed by atoms with van der Waals surface area (Å²) in [6.45, 7) is 7.16. The SMILES string of the molecule is Cc1n[nH]c(C)c1CC(=O)N[C@@H](C(=O)O)C(C)C. The fourth-order valence-corrected chi connectivity index (χ4v) is 1.73. The summed E-state index contributed by atoms with van der Waals surface area (Å²) in [6, 6.07) is -0.856. The molecule has 0 unspecified atom stereocenters. The smallest absolute Gasteiger partial charge is 0.326 e. The molecule has 0 bridgehead atoms. The number of hydrogen-bond acceptors (Lipinski definition) is 3. The van der Waals surface area contributed by atoms with E-state index in [1.165, 1.54) is 0 Å². The molecule has 1 rings (SSSR count). The van der Waals surface area contributed by atoms with Crippen LogP contribution in [0.2, 0.25) is 0 Å². The van der Waals surface area contributed by atoms with Crippen LogP contribution < -0.4 is 5.32 Å². The predicted octanol–water partition coefficient (Wildman–Crippen LogP) is 0.794. The number of carboxylic acids is 1. The van der Waals surface area contributed by atoms with Gasteiger partial charge in [-0.3, -0.25) is 9.89 Å². The van der Waals surface area contributed by atoms with Crippen LogP contribution in [0.1, 0.15) is 30.8 Å². The van der Waals surface area contributed by atoms with Crippen molar-refractivity contribution in [2.75, 3.05) is 0 Å². The summed E-state index contributed by atoms with van der Waals surface area (Å²) in [5.74, 6) is -1.47. The second kappa shape index (κ2) is 5.66. The van der Waals surface area contributed by atoms with E-state index in [-0.39, 0.29) is 18.2 Å². The van der Waals surface area contributed by atoms with Crippen molar-refractivity contribution in [3.63, 3.8) is 0 Å². The van der Waals surface area contributed by atoms with Crippen molar-refractivity contribution in [1.82, 2.24) is 15.5 Å². The molecule has 6 heteroatoms. The second-order valence-corrected chi connectivity index (χ2v) is 4.72. The van der Waals surface area contributed by atoms with Gasteiger partial charge in [0.2, 0.25) is 5.91 Å². The van der Waals surface area contributed by atoms with Crippen molar-refractivity contribution in [2.24, 2.45) is 5.92 Å². The van der Waals surface area contributed by atoms with E-state index in [0.29, 0.717) is 0 Å². The molecule has 0 radical (unpaired) electrons. The number of carbonyl (C=O) groups is 2. The molecule has 0 spiro atoms. The quantitative estimate of drug-likeness (QED) is 0.723. The van der Waals surface area contributed by atoms with E-state index in [1.54, 1.807) is 13.8 Å². The Balaban J connectivity index is 2.69. The lowest BCUT2D eigenvalue weighted by atomic mass is 10.0. The van der Waals surface area contributed by atoms with Gasteiger partial charge >= 0.3 is 5.97 Å². The number of nitrogens with zero attached hydrogens (tertiary/aromatic N) is 1. The maximum atomic E-state index is 11.8. The van der Waals surface area contributed by atoms with Gasteiger partial charge in [0.1, 0.15) is 6.04 Å². The predicted molar refractivity (Wildman–Crippen MR) is 66.2 cm³/mol. The van der Waals surface area contributed by atoms with E-state index >= 15 is 0 Å². The summed E-state index contributed by atoms with van der Waals surface area (Å²) < 4.78 is 0. The third kappa shape index (κ3) is 3.32. The van der Waals surface area contributed by atoms with Crippen LogP contribution in [-0.2, 0) is 16.0 Å². The largest absolute Gasteiger partial charge is 0.480 e. The monoisotopic (exact) mass is 253 g/mol. The minimum Gasteiger partial charge on any atom is -0.480 e. The average molecular weight is 253 g/mol. The number of aliphatic carboxylic acids is 1. The summed E-state index contributed by atoms with van der Waals surface area (Å²) in [4.78, 5) is 22.8. The van der Waals surface area contributed by atoms with E-state index in [9.17, 15) is 9.59 Å². The minimum absolute atomic E-state index is 0.144. The van der Waals surface area contributed by atoms with Gasteiger partial charge in [-0.05, 0) is 19.8 Å². The molecule has 1 amide bonds. The fraction of sp³-hybridized carbons (Fsp3) is 0.583. The molecule has 0 aliphatic carbocycles. The molecule has 0 aliphatic heterocycles. The van der Waals surface area contributed by atoms with Crippen LogP contribution in [0.3, 0.4) is 0 Å². The van der Waals surface area contributed by atoms with Gasteiger partial charge in [0.05, 0.1) is 12.1 Å². The van der Waals surface area contributed by atoms with Crippen molar-refractivity contribution in [1.29, 1.82) is 0 Å². The van der Waals surface area contributed by atoms with Crippen LogP contribution in [-0.4, -0.2) is 33.2 Å². The summed E-state index contributed by atoms with van der Waals surface area (Å²) in [6.07, 6.45) is 0.144. The van der Waals surface area contributed by atoms with Crippen molar-refractivity contribution in [3.8, 4) is 0 Å². The highest BCUT2D eigenvalue weighted by Crippen LogP contribution is 2.10. The lowest BCUT2D eigenvalue weighted by molar-refractivity contribution is -0.143. The minimum atomic E-state index is -1.01. The lowest BCUT2D eigenvalue weighted by Crippen LogP contribution is -2.45. The number of aryl methyl sites for hydroxylation is 2. The van der Waals surface area contributed by atoms with Crippen molar-refractivity contribution in [3.05, 3.63) is 17.0 Å². The Hall–Kier alpha value is -1.85. The van der Waals surface area contributed by atoms with Gasteiger partial charge in [-0.15, -0.1) is 0 Å². The molecule has 0 aromatic carbocycles. The molecule has 100 valence electrons. The van der Waals surface area contributed by atoms with Crippen LogP contribution in [0, 0.1) is 19.8 Å². The van der Waals surface area contributed by atoms with Gasteiger partial charge in [-0.1, -0.05) is 13.8 Å². The number of carbonyl (C=O) groups excluding carboxylic acids is 1. The van der Waals surface area contributed by atoms with Gasteiger partial charge in [0.15, 0.2) is 0 Å². The number of aromatic nitrogens is 2. The van der Waals surface area contributed by atoms with Gasteiger partial charge < -0.3 is 10.4 Å². The Bertz CT molecular complexity index is 432. The molecule has 1 atom stereocenters. The number of carboxylic acid groups (broad SMARTS) is 1. The van der Waals surface area contributed by atoms with Crippen molar-refractivity contribution in [2.45, 2.75) is 40.2 Å². The van der Waals surface area contributed by atoms with E-state index in [4.69, 9.17) is 5.11 Å². The molecule has 1 aromatic rings. The zero-order chi connectivity index (χ0) is 13.9. The number of hydrogen-bond donors (Lipinski definition) is 3. The zero-order valence-electron chi connectivity index (χ0n) is 11.1. The standard InChI is InChI=1S/C12H19N3O3/c1-6(2)11(12(17)18)13-10(16)5-9-7(3)14-15-8(9)4/h6,11H,5H2,1-4H3,(H,13,16)(H,14,15)(H,17,18)/t11-/m1/s1. The van der Waals surface area contributed by atoms with Gasteiger partial charge in [-0.2, -0.15) is 5.10 Å². The number of rotatable bonds is 5. The maximum absolute atomic E-state index is 11.8. The third-order valence-electron chi connectivity index (χ3n) is 2.87. The first-order valence-corrected chi connectivity index (χ1v) is 5.85. The summed E-state index contributed by atoms with van der Waals surface area (Å²) >= 11 is 0. The van der Waals surface area contributed by atoms with E-state index in [1.807, 2.05) is 13.8 Å². The molecule has 0 fully saturated rings. The summed E-state index contributed by atoms with van der Waals surface area (Å²) in [7, 11) is 0. The molecule has 1 heterocycles. The average Bonchev–Trinajstić information content (AvgIpc) is 2.56. The zero-order valence-corrected chi connectivity index (χ0v) is 11.1. The Morgan fingerprint density at radius 1 is 1.39 bits per heavy atom. The summed E-state index contributed by atoms with van der Waals surface area (Å²) in [5, 5.41) is 18.3. The first-order valence-electron chi connectivity index (χ1n) is 5.85. The highest BCUT2D eigenvalue weighted by molar-refractivity contribution is 5.85. The molecule has 6 nitrogen and oxygen atoms in total. The molecular weight excluding hydrogens is 234 g/mol. The Kier molecular flexibility index (Phi) is 4.47. The molecule has 18 heavy (non-hydrogen) atoms. The molecule has 3 N–H and O–H groups in total. The second-order valence-electron chi connectivity index (χ2n) is 4.72. The fourth-order valence-electron chi connectivity index (χ4n) is 1.73. The van der Waals surface area contributed by atoms with Gasteiger partial charge in [0.25, 0.3) is 0 Å². The van der Waals surface area contributed by atoms with E-state index in [2.05, 4.69) is 15.5 Å². The van der Waals surface area contributed by atoms with Crippen LogP contribution in [0.25, 0.3) is 0 Å². The van der Waals surface area contributed by atoms with Crippen LogP contribution in [0.4, 0.5) is 0 Å². The van der Waals surface area contributed by atoms with Gasteiger partial charge in [0, 0.05) is 11.3 Å². The number of nitrogens with one attached hydrogen (secondary N) is 2. The Labute approximate surface area is 106 Å². The molecule has 0 aliphatic rings. The first-order chi connectivity index (χ1) is 8.32. The number of aromatic amines is 1. The third-order valence-corrected chi connectivity index (χ3v) is 2.87. The summed E-state index contributed by atoms with van der Waals surface area (Å²) in [5.41, 5.74) is 2.42.